The monoisotopic (exact) mass is 510 g/mol. The third-order valence-electron chi connectivity index (χ3n) is 4.11. The lowest BCUT2D eigenvalue weighted by Gasteiger charge is -2.33. The van der Waals surface area contributed by atoms with Gasteiger partial charge in [-0.05, 0) is 12.5 Å². The van der Waals surface area contributed by atoms with Crippen molar-refractivity contribution < 1.29 is 62.8 Å². The lowest BCUT2D eigenvalue weighted by molar-refractivity contribution is -0.348. The minimum absolute atomic E-state index is 0.0271. The van der Waals surface area contributed by atoms with Gasteiger partial charge in [0.25, 0.3) is 0 Å². The summed E-state index contributed by atoms with van der Waals surface area (Å²) in [6.45, 7) is 2.42. The molecule has 15 heteroatoms. The smallest absolute Gasteiger partial charge is 0.413 e. The highest BCUT2D eigenvalue weighted by Gasteiger charge is 2.68. The number of carbonyl (C=O) groups excluding carboxylic acids is 2. The molecule has 0 saturated carbocycles. The molecule has 186 valence electrons. The van der Waals surface area contributed by atoms with E-state index in [0.29, 0.717) is 5.56 Å². The van der Waals surface area contributed by atoms with Crippen molar-refractivity contribution in [3.63, 3.8) is 0 Å². The molecule has 0 aromatic heterocycles. The standard InChI is InChI=1S/C18H17F7O7S/c1-3-14(27)32-16(17(21,22)23,13(26)10-12-6-4-11(2)5-7-12)31-9-8-15(19,20)18(24,25)33(28,29)30/h3-7H,1,8-10H2,2H3,(H,28,29,30). The maximum atomic E-state index is 13.8. The number of rotatable bonds is 11. The molecule has 1 rings (SSSR count). The van der Waals surface area contributed by atoms with E-state index in [1.807, 2.05) is 0 Å². The fourth-order valence-electron chi connectivity index (χ4n) is 2.31. The Morgan fingerprint density at radius 3 is 2.00 bits per heavy atom. The van der Waals surface area contributed by atoms with Gasteiger partial charge in [0.05, 0.1) is 6.61 Å². The first-order valence-corrected chi connectivity index (χ1v) is 10.1. The van der Waals surface area contributed by atoms with E-state index in [4.69, 9.17) is 4.55 Å². The Bertz CT molecular complexity index is 988. The lowest BCUT2D eigenvalue weighted by atomic mass is 10.0. The molecule has 33 heavy (non-hydrogen) atoms. The van der Waals surface area contributed by atoms with Crippen molar-refractivity contribution in [1.29, 1.82) is 0 Å². The molecule has 0 aliphatic carbocycles. The molecule has 1 aromatic rings. The van der Waals surface area contributed by atoms with Crippen LogP contribution in [-0.4, -0.2) is 54.5 Å². The predicted octanol–water partition coefficient (Wildman–Crippen LogP) is 3.62. The third kappa shape index (κ3) is 6.29. The number of ether oxygens (including phenoxy) is 2. The molecule has 0 radical (unpaired) electrons. The Morgan fingerprint density at radius 2 is 1.58 bits per heavy atom. The molecule has 0 amide bonds. The first-order chi connectivity index (χ1) is 14.8. The van der Waals surface area contributed by atoms with Gasteiger partial charge in [0.2, 0.25) is 5.78 Å². The molecule has 1 atom stereocenters. The molecule has 0 bridgehead atoms. The Labute approximate surface area is 182 Å². The summed E-state index contributed by atoms with van der Waals surface area (Å²) >= 11 is 0. The van der Waals surface area contributed by atoms with Gasteiger partial charge in [-0.3, -0.25) is 9.35 Å². The summed E-state index contributed by atoms with van der Waals surface area (Å²) in [6, 6.07) is 5.33. The van der Waals surface area contributed by atoms with Gasteiger partial charge in [0.15, 0.2) is 0 Å². The van der Waals surface area contributed by atoms with Gasteiger partial charge in [-0.15, -0.1) is 0 Å². The Hall–Kier alpha value is -2.52. The van der Waals surface area contributed by atoms with Crippen LogP contribution in [0.4, 0.5) is 30.7 Å². The number of aryl methyl sites for hydroxylation is 1. The van der Waals surface area contributed by atoms with Gasteiger partial charge in [-0.1, -0.05) is 36.4 Å². The average Bonchev–Trinajstić information content (AvgIpc) is 2.66. The third-order valence-corrected chi connectivity index (χ3v) is 5.05. The highest BCUT2D eigenvalue weighted by atomic mass is 32.2. The van der Waals surface area contributed by atoms with Gasteiger partial charge < -0.3 is 9.47 Å². The summed E-state index contributed by atoms with van der Waals surface area (Å²) in [5.41, 5.74) is 0.644. The molecule has 1 N–H and O–H groups in total. The summed E-state index contributed by atoms with van der Waals surface area (Å²) in [6.07, 6.45) is -9.18. The summed E-state index contributed by atoms with van der Waals surface area (Å²) < 4.78 is 133. The van der Waals surface area contributed by atoms with E-state index in [1.165, 1.54) is 24.3 Å². The van der Waals surface area contributed by atoms with Gasteiger partial charge in [0, 0.05) is 18.9 Å². The molecule has 0 aliphatic rings. The Morgan fingerprint density at radius 1 is 1.06 bits per heavy atom. The van der Waals surface area contributed by atoms with Crippen molar-refractivity contribution in [2.24, 2.45) is 0 Å². The van der Waals surface area contributed by atoms with Crippen LogP contribution in [0.15, 0.2) is 36.9 Å². The van der Waals surface area contributed by atoms with Crippen molar-refractivity contribution in [1.82, 2.24) is 0 Å². The molecular weight excluding hydrogens is 493 g/mol. The Kier molecular flexibility index (Phi) is 8.44. The van der Waals surface area contributed by atoms with Crippen LogP contribution in [0, 0.1) is 6.92 Å². The zero-order valence-electron chi connectivity index (χ0n) is 16.7. The van der Waals surface area contributed by atoms with Crippen LogP contribution >= 0.6 is 0 Å². The second kappa shape index (κ2) is 9.77. The summed E-state index contributed by atoms with van der Waals surface area (Å²) in [4.78, 5) is 24.0. The fraction of sp³-hybridized carbons (Fsp3) is 0.444. The van der Waals surface area contributed by atoms with Gasteiger partial charge in [0.1, 0.15) is 0 Å². The Balaban J connectivity index is 3.31. The number of Topliss-reactive ketones (excluding diaryl/α,β-unsaturated/α-hetero) is 1. The zero-order chi connectivity index (χ0) is 25.9. The number of alkyl halides is 7. The maximum absolute atomic E-state index is 13.8. The second-order valence-corrected chi connectivity index (χ2v) is 8.08. The van der Waals surface area contributed by atoms with E-state index in [-0.39, 0.29) is 11.6 Å². The number of benzene rings is 1. The first-order valence-electron chi connectivity index (χ1n) is 8.68. The topological polar surface area (TPSA) is 107 Å². The molecule has 1 unspecified atom stereocenters. The first kappa shape index (κ1) is 28.5. The maximum Gasteiger partial charge on any atom is 0.464 e. The van der Waals surface area contributed by atoms with E-state index < -0.39 is 64.5 Å². The number of esters is 1. The van der Waals surface area contributed by atoms with E-state index in [2.05, 4.69) is 16.1 Å². The highest BCUT2D eigenvalue weighted by molar-refractivity contribution is 7.87. The van der Waals surface area contributed by atoms with E-state index in [0.717, 1.165) is 0 Å². The van der Waals surface area contributed by atoms with Crippen molar-refractivity contribution in [2.75, 3.05) is 6.61 Å². The number of halogens is 7. The molecule has 0 heterocycles. The number of hydrogen-bond acceptors (Lipinski definition) is 6. The van der Waals surface area contributed by atoms with Crippen LogP contribution in [0.5, 0.6) is 0 Å². The van der Waals surface area contributed by atoms with Gasteiger partial charge in [-0.25, -0.2) is 4.79 Å². The summed E-state index contributed by atoms with van der Waals surface area (Å²) in [5.74, 6) is -14.0. The minimum Gasteiger partial charge on any atom is -0.413 e. The van der Waals surface area contributed by atoms with Crippen LogP contribution in [0.1, 0.15) is 17.5 Å². The van der Waals surface area contributed by atoms with Crippen LogP contribution in [0.3, 0.4) is 0 Å². The lowest BCUT2D eigenvalue weighted by Crippen LogP contribution is -2.58. The van der Waals surface area contributed by atoms with Crippen LogP contribution in [0.2, 0.25) is 0 Å². The van der Waals surface area contributed by atoms with Gasteiger partial charge >= 0.3 is 39.2 Å². The molecule has 0 fully saturated rings. The van der Waals surface area contributed by atoms with E-state index in [1.54, 1.807) is 6.92 Å². The van der Waals surface area contributed by atoms with Gasteiger partial charge in [-0.2, -0.15) is 39.2 Å². The zero-order valence-corrected chi connectivity index (χ0v) is 17.5. The summed E-state index contributed by atoms with van der Waals surface area (Å²) in [7, 11) is -6.66. The van der Waals surface area contributed by atoms with E-state index >= 15 is 0 Å². The second-order valence-electron chi connectivity index (χ2n) is 6.62. The van der Waals surface area contributed by atoms with E-state index in [9.17, 15) is 48.7 Å². The number of hydrogen-bond donors (Lipinski definition) is 1. The van der Waals surface area contributed by atoms with Crippen molar-refractivity contribution in [2.45, 2.75) is 42.9 Å². The average molecular weight is 510 g/mol. The molecule has 0 saturated heterocycles. The fourth-order valence-corrected chi connectivity index (χ4v) is 2.79. The normalized spacial score (nSPS) is 14.9. The molecule has 0 aliphatic heterocycles. The van der Waals surface area contributed by atoms with Crippen LogP contribution in [-0.2, 0) is 35.6 Å². The van der Waals surface area contributed by atoms with Crippen LogP contribution < -0.4 is 0 Å². The minimum atomic E-state index is -6.66. The largest absolute Gasteiger partial charge is 0.464 e. The molecule has 0 spiro atoms. The SMILES string of the molecule is C=CC(=O)OC(OCCC(F)(F)C(F)(F)S(=O)(=O)O)(C(=O)Cc1ccc(C)cc1)C(F)(F)F. The molecule has 1 aromatic carbocycles. The number of carbonyl (C=O) groups is 2. The number of ketones is 1. The van der Waals surface area contributed by atoms with Crippen molar-refractivity contribution in [3.8, 4) is 0 Å². The predicted molar refractivity (Wildman–Crippen MR) is 97.0 cm³/mol. The van der Waals surface area contributed by atoms with Crippen molar-refractivity contribution >= 4 is 21.9 Å². The molecular formula is C18H17F7O7S. The van der Waals surface area contributed by atoms with Crippen LogP contribution in [0.25, 0.3) is 0 Å². The quantitative estimate of drug-likeness (QED) is 0.159. The summed E-state index contributed by atoms with van der Waals surface area (Å²) in [5, 5.41) is -6.09. The molecule has 7 nitrogen and oxygen atoms in total. The van der Waals surface area contributed by atoms with Crippen molar-refractivity contribution in [3.05, 3.63) is 48.0 Å². The highest BCUT2D eigenvalue weighted by Crippen LogP contribution is 2.42.